The minimum atomic E-state index is 0.244. The molecule has 0 aliphatic carbocycles. The van der Waals surface area contributed by atoms with Crippen LogP contribution in [0.3, 0.4) is 0 Å². The highest BCUT2D eigenvalue weighted by Gasteiger charge is 2.14. The molecule has 2 rings (SSSR count). The minimum absolute atomic E-state index is 0.244. The van der Waals surface area contributed by atoms with Crippen LogP contribution in [0.4, 0.5) is 0 Å². The Morgan fingerprint density at radius 2 is 2.06 bits per heavy atom. The first-order chi connectivity index (χ1) is 7.35. The average molecular weight is 302 g/mol. The first-order valence-electron chi connectivity index (χ1n) is 5.18. The lowest BCUT2D eigenvalue weighted by atomic mass is 9.91. The lowest BCUT2D eigenvalue weighted by Gasteiger charge is -2.15. The Bertz CT molecular complexity index is 526. The van der Waals surface area contributed by atoms with Crippen LogP contribution in [0.5, 0.6) is 0 Å². The van der Waals surface area contributed by atoms with Crippen molar-refractivity contribution in [2.24, 2.45) is 5.41 Å². The smallest absolute Gasteiger partial charge is 0.151 e. The summed E-state index contributed by atoms with van der Waals surface area (Å²) in [5.41, 5.74) is 2.26. The highest BCUT2D eigenvalue weighted by Crippen LogP contribution is 2.25. The van der Waals surface area contributed by atoms with Gasteiger partial charge in [0.2, 0.25) is 0 Å². The van der Waals surface area contributed by atoms with Gasteiger partial charge in [-0.2, -0.15) is 0 Å². The SMILES string of the molecule is CC(C)(C)Cc1cn2cc(Cl)cc(Br)c2n1. The van der Waals surface area contributed by atoms with E-state index in [1.165, 1.54) is 0 Å². The van der Waals surface area contributed by atoms with E-state index in [2.05, 4.69) is 41.7 Å². The van der Waals surface area contributed by atoms with E-state index in [-0.39, 0.29) is 5.41 Å². The van der Waals surface area contributed by atoms with Crippen LogP contribution >= 0.6 is 27.5 Å². The van der Waals surface area contributed by atoms with E-state index in [0.29, 0.717) is 5.02 Å². The molecule has 0 fully saturated rings. The number of pyridine rings is 1. The van der Waals surface area contributed by atoms with Crippen LogP contribution < -0.4 is 0 Å². The van der Waals surface area contributed by atoms with Crippen molar-refractivity contribution < 1.29 is 0 Å². The Morgan fingerprint density at radius 3 is 2.69 bits per heavy atom. The Hall–Kier alpha value is -0.540. The average Bonchev–Trinajstić information content (AvgIpc) is 2.43. The normalized spacial score (nSPS) is 12.3. The fraction of sp³-hybridized carbons (Fsp3) is 0.417. The quantitative estimate of drug-likeness (QED) is 0.766. The fourth-order valence-corrected chi connectivity index (χ4v) is 2.59. The van der Waals surface area contributed by atoms with Gasteiger partial charge in [0.15, 0.2) is 5.65 Å². The highest BCUT2D eigenvalue weighted by molar-refractivity contribution is 9.10. The molecule has 4 heteroatoms. The summed E-state index contributed by atoms with van der Waals surface area (Å²) in [7, 11) is 0. The topological polar surface area (TPSA) is 17.3 Å². The Labute approximate surface area is 109 Å². The Kier molecular flexibility index (Phi) is 3.01. The van der Waals surface area contributed by atoms with Gasteiger partial charge in [-0.3, -0.25) is 0 Å². The van der Waals surface area contributed by atoms with Crippen LogP contribution in [-0.4, -0.2) is 9.38 Å². The van der Waals surface area contributed by atoms with Gasteiger partial charge < -0.3 is 4.40 Å². The summed E-state index contributed by atoms with van der Waals surface area (Å²) >= 11 is 9.46. The molecule has 0 aliphatic heterocycles. The molecule has 0 aliphatic rings. The van der Waals surface area contributed by atoms with Crippen molar-refractivity contribution in [3.8, 4) is 0 Å². The van der Waals surface area contributed by atoms with Gasteiger partial charge in [-0.15, -0.1) is 0 Å². The summed E-state index contributed by atoms with van der Waals surface area (Å²) < 4.78 is 2.90. The maximum atomic E-state index is 5.99. The molecule has 0 saturated carbocycles. The van der Waals surface area contributed by atoms with Crippen molar-refractivity contribution in [2.75, 3.05) is 0 Å². The van der Waals surface area contributed by atoms with Crippen molar-refractivity contribution in [3.05, 3.63) is 33.6 Å². The van der Waals surface area contributed by atoms with Crippen molar-refractivity contribution in [2.45, 2.75) is 27.2 Å². The second-order valence-electron chi connectivity index (χ2n) is 5.21. The summed E-state index contributed by atoms with van der Waals surface area (Å²) in [4.78, 5) is 4.60. The number of aromatic nitrogens is 2. The third-order valence-electron chi connectivity index (χ3n) is 2.23. The summed E-state index contributed by atoms with van der Waals surface area (Å²) in [6.07, 6.45) is 4.87. The first kappa shape index (κ1) is 11.9. The number of hydrogen-bond acceptors (Lipinski definition) is 1. The molecule has 0 radical (unpaired) electrons. The molecule has 0 amide bonds. The van der Waals surface area contributed by atoms with Gasteiger partial charge in [0, 0.05) is 12.4 Å². The monoisotopic (exact) mass is 300 g/mol. The molecule has 0 atom stereocenters. The van der Waals surface area contributed by atoms with Crippen molar-refractivity contribution in [3.63, 3.8) is 0 Å². The molecule has 0 aromatic carbocycles. The predicted molar refractivity (Wildman–Crippen MR) is 71.1 cm³/mol. The maximum Gasteiger partial charge on any atom is 0.151 e. The van der Waals surface area contributed by atoms with Gasteiger partial charge in [-0.1, -0.05) is 32.4 Å². The van der Waals surface area contributed by atoms with E-state index in [4.69, 9.17) is 11.6 Å². The molecule has 0 bridgehead atoms. The van der Waals surface area contributed by atoms with Gasteiger partial charge in [0.1, 0.15) is 0 Å². The highest BCUT2D eigenvalue weighted by atomic mass is 79.9. The van der Waals surface area contributed by atoms with Crippen LogP contribution in [0.15, 0.2) is 22.9 Å². The van der Waals surface area contributed by atoms with E-state index < -0.39 is 0 Å². The molecule has 2 aromatic heterocycles. The van der Waals surface area contributed by atoms with Crippen molar-refractivity contribution in [1.82, 2.24) is 9.38 Å². The molecule has 2 aromatic rings. The predicted octanol–water partition coefficient (Wildman–Crippen LogP) is 4.34. The summed E-state index contributed by atoms with van der Waals surface area (Å²) in [5, 5.41) is 0.707. The zero-order valence-corrected chi connectivity index (χ0v) is 11.9. The van der Waals surface area contributed by atoms with Gasteiger partial charge in [0.25, 0.3) is 0 Å². The first-order valence-corrected chi connectivity index (χ1v) is 6.35. The van der Waals surface area contributed by atoms with Crippen molar-refractivity contribution >= 4 is 33.2 Å². The Morgan fingerprint density at radius 1 is 1.38 bits per heavy atom. The molecule has 0 saturated heterocycles. The van der Waals surface area contributed by atoms with Gasteiger partial charge in [0.05, 0.1) is 15.2 Å². The maximum absolute atomic E-state index is 5.99. The molecular weight excluding hydrogens is 288 g/mol. The molecule has 16 heavy (non-hydrogen) atoms. The zero-order valence-electron chi connectivity index (χ0n) is 9.59. The molecule has 0 unspecified atom stereocenters. The van der Waals surface area contributed by atoms with Gasteiger partial charge in [-0.05, 0) is 33.8 Å². The molecule has 2 heterocycles. The molecule has 0 N–H and O–H groups in total. The summed E-state index contributed by atoms with van der Waals surface area (Å²) in [6, 6.07) is 1.87. The largest absolute Gasteiger partial charge is 0.304 e. The van der Waals surface area contributed by atoms with E-state index in [9.17, 15) is 0 Å². The Balaban J connectivity index is 2.48. The van der Waals surface area contributed by atoms with Crippen LogP contribution in [0, 0.1) is 5.41 Å². The lowest BCUT2D eigenvalue weighted by molar-refractivity contribution is 0.407. The van der Waals surface area contributed by atoms with Crippen LogP contribution in [0.1, 0.15) is 26.5 Å². The summed E-state index contributed by atoms with van der Waals surface area (Å²) in [5.74, 6) is 0. The van der Waals surface area contributed by atoms with E-state index in [1.54, 1.807) is 0 Å². The molecule has 2 nitrogen and oxygen atoms in total. The minimum Gasteiger partial charge on any atom is -0.304 e. The number of imidazole rings is 1. The third-order valence-corrected chi connectivity index (χ3v) is 3.02. The molecular formula is C12H14BrClN2. The fourth-order valence-electron chi connectivity index (χ4n) is 1.70. The number of nitrogens with zero attached hydrogens (tertiary/aromatic N) is 2. The van der Waals surface area contributed by atoms with Crippen LogP contribution in [0.2, 0.25) is 5.02 Å². The van der Waals surface area contributed by atoms with Crippen LogP contribution in [0.25, 0.3) is 5.65 Å². The number of hydrogen-bond donors (Lipinski definition) is 0. The number of fused-ring (bicyclic) bond motifs is 1. The second kappa shape index (κ2) is 4.04. The molecule has 0 spiro atoms. The standard InChI is InChI=1S/C12H14BrClN2/c1-12(2,3)5-9-7-16-6-8(14)4-10(13)11(16)15-9/h4,6-7H,5H2,1-3H3. The number of halogens is 2. The van der Waals surface area contributed by atoms with Crippen LogP contribution in [-0.2, 0) is 6.42 Å². The summed E-state index contributed by atoms with van der Waals surface area (Å²) in [6.45, 7) is 6.62. The number of rotatable bonds is 1. The molecule has 86 valence electrons. The van der Waals surface area contributed by atoms with E-state index >= 15 is 0 Å². The van der Waals surface area contributed by atoms with Crippen molar-refractivity contribution in [1.29, 1.82) is 0 Å². The second-order valence-corrected chi connectivity index (χ2v) is 6.50. The van der Waals surface area contributed by atoms with Gasteiger partial charge >= 0.3 is 0 Å². The van der Waals surface area contributed by atoms with Gasteiger partial charge in [-0.25, -0.2) is 4.98 Å². The third kappa shape index (κ3) is 2.58. The van der Waals surface area contributed by atoms with E-state index in [1.807, 2.05) is 22.9 Å². The van der Waals surface area contributed by atoms with E-state index in [0.717, 1.165) is 22.2 Å². The lowest BCUT2D eigenvalue weighted by Crippen LogP contribution is -2.09. The zero-order chi connectivity index (χ0) is 11.9.